The van der Waals surface area contributed by atoms with Gasteiger partial charge in [0.25, 0.3) is 11.2 Å². The highest BCUT2D eigenvalue weighted by molar-refractivity contribution is 6.31. The molecule has 2 N–H and O–H groups in total. The van der Waals surface area contributed by atoms with Gasteiger partial charge in [0.15, 0.2) is 0 Å². The van der Waals surface area contributed by atoms with Crippen LogP contribution in [0, 0.1) is 27.3 Å². The van der Waals surface area contributed by atoms with Crippen LogP contribution in [0.4, 0.5) is 15.8 Å². The molecule has 3 rings (SSSR count). The Bertz CT molecular complexity index is 1130. The molecule has 0 saturated heterocycles. The zero-order valence-corrected chi connectivity index (χ0v) is 13.1. The molecule has 25 heavy (non-hydrogen) atoms. The minimum Gasteiger partial charge on any atom is -0.397 e. The first-order valence-corrected chi connectivity index (χ1v) is 7.21. The maximum absolute atomic E-state index is 13.8. The summed E-state index contributed by atoms with van der Waals surface area (Å²) in [5, 5.41) is 19.9. The zero-order chi connectivity index (χ0) is 18.3. The number of nitrogens with two attached hydrogens (primary N) is 1. The van der Waals surface area contributed by atoms with Gasteiger partial charge in [0.1, 0.15) is 17.4 Å². The Labute approximate surface area is 144 Å². The Morgan fingerprint density at radius 3 is 2.48 bits per heavy atom. The van der Waals surface area contributed by atoms with Crippen molar-refractivity contribution >= 4 is 33.9 Å². The van der Waals surface area contributed by atoms with E-state index in [2.05, 4.69) is 0 Å². The molecule has 3 aromatic rings. The molecule has 1 heterocycles. The van der Waals surface area contributed by atoms with E-state index < -0.39 is 16.3 Å². The number of nitrogens with zero attached hydrogens (tertiary/aromatic N) is 3. The molecule has 0 fully saturated rings. The molecule has 0 spiro atoms. The standard InChI is InChI=1S/C16H8ClFN4O3/c17-12-6-14-10(5-13(12)18)15(20)11(7-19)16(23)21(14)8-1-3-9(4-2-8)22(24)25/h1-6H,20H2. The number of aromatic nitrogens is 1. The average Bonchev–Trinajstić information content (AvgIpc) is 2.58. The van der Waals surface area contributed by atoms with Crippen LogP contribution in [0.5, 0.6) is 0 Å². The van der Waals surface area contributed by atoms with Crippen molar-refractivity contribution in [3.8, 4) is 11.8 Å². The summed E-state index contributed by atoms with van der Waals surface area (Å²) in [6.07, 6.45) is 0. The van der Waals surface area contributed by atoms with Crippen molar-refractivity contribution in [3.63, 3.8) is 0 Å². The number of benzene rings is 2. The SMILES string of the molecule is N#Cc1c(N)c2cc(F)c(Cl)cc2n(-c2ccc([N+](=O)[O-])cc2)c1=O. The second-order valence-electron chi connectivity index (χ2n) is 5.10. The molecular formula is C16H8ClFN4O3. The van der Waals surface area contributed by atoms with Gasteiger partial charge >= 0.3 is 0 Å². The summed E-state index contributed by atoms with van der Waals surface area (Å²) >= 11 is 5.81. The van der Waals surface area contributed by atoms with E-state index in [-0.39, 0.29) is 38.6 Å². The van der Waals surface area contributed by atoms with E-state index in [1.807, 2.05) is 0 Å². The van der Waals surface area contributed by atoms with Gasteiger partial charge in [0, 0.05) is 23.2 Å². The number of hydrogen-bond acceptors (Lipinski definition) is 5. The maximum Gasteiger partial charge on any atom is 0.275 e. The number of nitro benzene ring substituents is 1. The van der Waals surface area contributed by atoms with Gasteiger partial charge in [0.05, 0.1) is 21.2 Å². The number of hydrogen-bond donors (Lipinski definition) is 1. The van der Waals surface area contributed by atoms with Crippen molar-refractivity contribution in [1.82, 2.24) is 4.57 Å². The molecule has 0 aliphatic carbocycles. The van der Waals surface area contributed by atoms with Crippen LogP contribution in [0.3, 0.4) is 0 Å². The number of anilines is 1. The summed E-state index contributed by atoms with van der Waals surface area (Å²) in [4.78, 5) is 22.8. The lowest BCUT2D eigenvalue weighted by Gasteiger charge is -2.14. The van der Waals surface area contributed by atoms with Gasteiger partial charge in [-0.1, -0.05) is 11.6 Å². The largest absolute Gasteiger partial charge is 0.397 e. The Balaban J connectivity index is 2.45. The number of rotatable bonds is 2. The fraction of sp³-hybridized carbons (Fsp3) is 0. The van der Waals surface area contributed by atoms with Crippen molar-refractivity contribution in [2.75, 3.05) is 5.73 Å². The number of nitro groups is 1. The monoisotopic (exact) mass is 358 g/mol. The first-order chi connectivity index (χ1) is 11.8. The molecule has 0 unspecified atom stereocenters. The van der Waals surface area contributed by atoms with Crippen molar-refractivity contribution in [3.05, 3.63) is 73.3 Å². The Morgan fingerprint density at radius 1 is 1.28 bits per heavy atom. The molecule has 0 atom stereocenters. The van der Waals surface area contributed by atoms with E-state index in [9.17, 15) is 24.6 Å². The topological polar surface area (TPSA) is 115 Å². The van der Waals surface area contributed by atoms with Gasteiger partial charge in [-0.05, 0) is 24.3 Å². The van der Waals surface area contributed by atoms with Gasteiger partial charge in [-0.25, -0.2) is 4.39 Å². The average molecular weight is 359 g/mol. The lowest BCUT2D eigenvalue weighted by molar-refractivity contribution is -0.384. The molecule has 0 saturated carbocycles. The highest BCUT2D eigenvalue weighted by Crippen LogP contribution is 2.29. The van der Waals surface area contributed by atoms with Crippen molar-refractivity contribution in [2.45, 2.75) is 0 Å². The normalized spacial score (nSPS) is 10.6. The Kier molecular flexibility index (Phi) is 3.87. The highest BCUT2D eigenvalue weighted by Gasteiger charge is 2.18. The van der Waals surface area contributed by atoms with E-state index in [1.165, 1.54) is 30.3 Å². The summed E-state index contributed by atoms with van der Waals surface area (Å²) < 4.78 is 14.9. The summed E-state index contributed by atoms with van der Waals surface area (Å²) in [5.41, 5.74) is 4.85. The van der Waals surface area contributed by atoms with Gasteiger partial charge < -0.3 is 5.73 Å². The van der Waals surface area contributed by atoms with Crippen LogP contribution < -0.4 is 11.3 Å². The predicted molar refractivity (Wildman–Crippen MR) is 90.3 cm³/mol. The fourth-order valence-electron chi connectivity index (χ4n) is 2.50. The quantitative estimate of drug-likeness (QED) is 0.558. The lowest BCUT2D eigenvalue weighted by atomic mass is 10.1. The van der Waals surface area contributed by atoms with Crippen LogP contribution in [0.2, 0.25) is 5.02 Å². The Hall–Kier alpha value is -3.44. The molecule has 0 bridgehead atoms. The van der Waals surface area contributed by atoms with Crippen LogP contribution in [0.1, 0.15) is 5.56 Å². The molecule has 9 heteroatoms. The third-order valence-corrected chi connectivity index (χ3v) is 3.98. The van der Waals surface area contributed by atoms with Gasteiger partial charge in [-0.2, -0.15) is 5.26 Å². The minimum atomic E-state index is -0.751. The molecule has 2 aromatic carbocycles. The van der Waals surface area contributed by atoms with E-state index in [0.717, 1.165) is 10.6 Å². The molecule has 124 valence electrons. The molecule has 0 aliphatic heterocycles. The van der Waals surface area contributed by atoms with Gasteiger partial charge in [0.2, 0.25) is 0 Å². The summed E-state index contributed by atoms with van der Waals surface area (Å²) in [6, 6.07) is 9.06. The summed E-state index contributed by atoms with van der Waals surface area (Å²) in [5.74, 6) is -0.751. The second-order valence-corrected chi connectivity index (χ2v) is 5.51. The number of pyridine rings is 1. The van der Waals surface area contributed by atoms with Crippen LogP contribution in [-0.4, -0.2) is 9.49 Å². The Morgan fingerprint density at radius 2 is 1.92 bits per heavy atom. The van der Waals surface area contributed by atoms with Crippen molar-refractivity contribution < 1.29 is 9.31 Å². The van der Waals surface area contributed by atoms with E-state index in [4.69, 9.17) is 17.3 Å². The number of nitrogen functional groups attached to an aromatic ring is 1. The number of halogens is 2. The first kappa shape index (κ1) is 16.4. The summed E-state index contributed by atoms with van der Waals surface area (Å²) in [7, 11) is 0. The lowest BCUT2D eigenvalue weighted by Crippen LogP contribution is -2.23. The third kappa shape index (κ3) is 2.56. The maximum atomic E-state index is 13.8. The molecule has 0 amide bonds. The van der Waals surface area contributed by atoms with Crippen molar-refractivity contribution in [2.24, 2.45) is 0 Å². The van der Waals surface area contributed by atoms with Crippen LogP contribution in [0.15, 0.2) is 41.2 Å². The number of fused-ring (bicyclic) bond motifs is 1. The smallest absolute Gasteiger partial charge is 0.275 e. The van der Waals surface area contributed by atoms with Crippen LogP contribution in [-0.2, 0) is 0 Å². The number of non-ortho nitro benzene ring substituents is 1. The highest BCUT2D eigenvalue weighted by atomic mass is 35.5. The zero-order valence-electron chi connectivity index (χ0n) is 12.4. The fourth-order valence-corrected chi connectivity index (χ4v) is 2.65. The summed E-state index contributed by atoms with van der Waals surface area (Å²) in [6.45, 7) is 0. The van der Waals surface area contributed by atoms with Gasteiger partial charge in [-0.3, -0.25) is 19.5 Å². The number of nitriles is 1. The molecular weight excluding hydrogens is 351 g/mol. The predicted octanol–water partition coefficient (Wildman–Crippen LogP) is 3.15. The molecule has 7 nitrogen and oxygen atoms in total. The molecule has 1 aromatic heterocycles. The van der Waals surface area contributed by atoms with Gasteiger partial charge in [-0.15, -0.1) is 0 Å². The third-order valence-electron chi connectivity index (χ3n) is 3.69. The molecule has 0 aliphatic rings. The van der Waals surface area contributed by atoms with Crippen LogP contribution in [0.25, 0.3) is 16.6 Å². The first-order valence-electron chi connectivity index (χ1n) is 6.83. The van der Waals surface area contributed by atoms with E-state index in [1.54, 1.807) is 6.07 Å². The second kappa shape index (κ2) is 5.89. The van der Waals surface area contributed by atoms with Crippen molar-refractivity contribution in [1.29, 1.82) is 5.26 Å². The van der Waals surface area contributed by atoms with E-state index >= 15 is 0 Å². The minimum absolute atomic E-state index is 0.136. The van der Waals surface area contributed by atoms with E-state index in [0.29, 0.717) is 0 Å². The van der Waals surface area contributed by atoms with Crippen LogP contribution >= 0.6 is 11.6 Å². The molecule has 0 radical (unpaired) electrons.